The van der Waals surface area contributed by atoms with E-state index in [1.807, 2.05) is 24.3 Å². The highest BCUT2D eigenvalue weighted by Gasteiger charge is 2.35. The van der Waals surface area contributed by atoms with Crippen LogP contribution >= 0.6 is 0 Å². The quantitative estimate of drug-likeness (QED) is 0.205. The summed E-state index contributed by atoms with van der Waals surface area (Å²) in [6, 6.07) is 50.0. The number of benzene rings is 7. The Balaban J connectivity index is 1.21. The molecule has 2 heterocycles. The fourth-order valence-electron chi connectivity index (χ4n) is 7.74. The molecule has 3 heteroatoms. The zero-order chi connectivity index (χ0) is 30.6. The van der Waals surface area contributed by atoms with E-state index < -0.39 is 0 Å². The van der Waals surface area contributed by atoms with E-state index >= 15 is 0 Å². The van der Waals surface area contributed by atoms with E-state index in [1.54, 1.807) is 0 Å². The van der Waals surface area contributed by atoms with E-state index in [0.717, 1.165) is 66.3 Å². The summed E-state index contributed by atoms with van der Waals surface area (Å²) < 4.78 is 12.6. The molecule has 0 N–H and O–H groups in total. The molecule has 1 aliphatic carbocycles. The van der Waals surface area contributed by atoms with E-state index in [1.165, 1.54) is 27.6 Å². The lowest BCUT2D eigenvalue weighted by Crippen LogP contribution is -2.15. The Labute approximate surface area is 265 Å². The zero-order valence-electron chi connectivity index (χ0n) is 25.5. The van der Waals surface area contributed by atoms with Gasteiger partial charge in [-0.2, -0.15) is 0 Å². The van der Waals surface area contributed by atoms with Crippen LogP contribution in [0.25, 0.3) is 65.8 Å². The maximum Gasteiger partial charge on any atom is 0.137 e. The predicted octanol–water partition coefficient (Wildman–Crippen LogP) is 12.4. The molecule has 3 nitrogen and oxygen atoms in total. The normalized spacial score (nSPS) is 13.6. The van der Waals surface area contributed by atoms with Crippen molar-refractivity contribution in [3.63, 3.8) is 0 Å². The SMILES string of the molecule is CC1(C)c2ccccc2-c2cc(N(c3ccc4cc5oc6ccccc6c5cc4c3)c3ccc4c(c3)oc3ccccc34)ccc21. The Hall–Kier alpha value is -5.80. The van der Waals surface area contributed by atoms with Gasteiger partial charge in [-0.25, -0.2) is 0 Å². The third-order valence-corrected chi connectivity index (χ3v) is 10.0. The number of rotatable bonds is 3. The Morgan fingerprint density at radius 1 is 0.413 bits per heavy atom. The molecule has 0 saturated carbocycles. The summed E-state index contributed by atoms with van der Waals surface area (Å²) >= 11 is 0. The second-order valence-electron chi connectivity index (χ2n) is 13.0. The van der Waals surface area contributed by atoms with Crippen molar-refractivity contribution < 1.29 is 8.83 Å². The summed E-state index contributed by atoms with van der Waals surface area (Å²) in [6.07, 6.45) is 0. The van der Waals surface area contributed by atoms with Crippen molar-refractivity contribution in [3.8, 4) is 11.1 Å². The van der Waals surface area contributed by atoms with Gasteiger partial charge in [-0.3, -0.25) is 0 Å². The first-order valence-corrected chi connectivity index (χ1v) is 15.8. The van der Waals surface area contributed by atoms with Gasteiger partial charge in [0, 0.05) is 50.1 Å². The molecule has 7 aromatic carbocycles. The van der Waals surface area contributed by atoms with Crippen molar-refractivity contribution in [2.24, 2.45) is 0 Å². The van der Waals surface area contributed by atoms with Gasteiger partial charge in [0.15, 0.2) is 0 Å². The molecule has 0 spiro atoms. The number of furan rings is 2. The minimum atomic E-state index is -0.0514. The molecule has 0 bridgehead atoms. The second-order valence-corrected chi connectivity index (χ2v) is 13.0. The molecule has 1 aliphatic rings. The van der Waals surface area contributed by atoms with E-state index in [2.05, 4.69) is 134 Å². The van der Waals surface area contributed by atoms with Crippen LogP contribution < -0.4 is 4.90 Å². The molecule has 9 aromatic rings. The molecule has 0 fully saturated rings. The molecule has 218 valence electrons. The highest BCUT2D eigenvalue weighted by molar-refractivity contribution is 6.11. The number of hydrogen-bond acceptors (Lipinski definition) is 3. The van der Waals surface area contributed by atoms with Crippen LogP contribution in [0.1, 0.15) is 25.0 Å². The lowest BCUT2D eigenvalue weighted by Gasteiger charge is -2.27. The van der Waals surface area contributed by atoms with Crippen LogP contribution in [0.4, 0.5) is 17.1 Å². The molecule has 0 aliphatic heterocycles. The van der Waals surface area contributed by atoms with Gasteiger partial charge in [-0.05, 0) is 93.7 Å². The average molecular weight is 592 g/mol. The van der Waals surface area contributed by atoms with E-state index in [-0.39, 0.29) is 5.41 Å². The van der Waals surface area contributed by atoms with Gasteiger partial charge in [0.25, 0.3) is 0 Å². The summed E-state index contributed by atoms with van der Waals surface area (Å²) in [7, 11) is 0. The lowest BCUT2D eigenvalue weighted by atomic mass is 9.82. The fourth-order valence-corrected chi connectivity index (χ4v) is 7.74. The molecular weight excluding hydrogens is 562 g/mol. The van der Waals surface area contributed by atoms with Crippen LogP contribution in [-0.2, 0) is 5.41 Å². The average Bonchev–Trinajstić information content (AvgIpc) is 3.71. The highest BCUT2D eigenvalue weighted by Crippen LogP contribution is 2.51. The van der Waals surface area contributed by atoms with Gasteiger partial charge in [0.2, 0.25) is 0 Å². The largest absolute Gasteiger partial charge is 0.456 e. The van der Waals surface area contributed by atoms with Gasteiger partial charge in [-0.15, -0.1) is 0 Å². The summed E-state index contributed by atoms with van der Waals surface area (Å²) in [4.78, 5) is 2.36. The van der Waals surface area contributed by atoms with Crippen LogP contribution in [0, 0.1) is 0 Å². The molecule has 0 unspecified atom stereocenters. The minimum absolute atomic E-state index is 0.0514. The number of fused-ring (bicyclic) bond motifs is 10. The Kier molecular flexibility index (Phi) is 5.06. The fraction of sp³-hybridized carbons (Fsp3) is 0.0698. The first kappa shape index (κ1) is 25.5. The molecule has 2 aromatic heterocycles. The standard InChI is InChI=1S/C43H29NO2/c1-43(2)37-12-6-3-9-31(37)35-24-29(18-20-38(35)43)44(30-17-19-34-32-10-4-7-13-39(32)46-42(34)25-30)28-16-15-26-23-41-36(22-27(26)21-28)33-11-5-8-14-40(33)45-41/h3-25H,1-2H3. The van der Waals surface area contributed by atoms with Gasteiger partial charge in [-0.1, -0.05) is 86.6 Å². The topological polar surface area (TPSA) is 29.5 Å². The van der Waals surface area contributed by atoms with Crippen molar-refractivity contribution in [2.45, 2.75) is 19.3 Å². The first-order chi connectivity index (χ1) is 22.5. The molecule has 0 atom stereocenters. The molecule has 0 radical (unpaired) electrons. The lowest BCUT2D eigenvalue weighted by molar-refractivity contribution is 0.660. The minimum Gasteiger partial charge on any atom is -0.456 e. The number of hydrogen-bond donors (Lipinski definition) is 0. The zero-order valence-corrected chi connectivity index (χ0v) is 25.5. The Bertz CT molecular complexity index is 2690. The summed E-state index contributed by atoms with van der Waals surface area (Å²) in [5.74, 6) is 0. The van der Waals surface area contributed by atoms with Crippen LogP contribution in [0.15, 0.2) is 148 Å². The van der Waals surface area contributed by atoms with Crippen molar-refractivity contribution in [3.05, 3.63) is 151 Å². The van der Waals surface area contributed by atoms with Crippen molar-refractivity contribution in [1.29, 1.82) is 0 Å². The van der Waals surface area contributed by atoms with Gasteiger partial charge in [0.05, 0.1) is 0 Å². The summed E-state index contributed by atoms with van der Waals surface area (Å²) in [5, 5.41) is 6.83. The van der Waals surface area contributed by atoms with Crippen molar-refractivity contribution >= 4 is 71.7 Å². The maximum absolute atomic E-state index is 6.38. The van der Waals surface area contributed by atoms with Crippen molar-refractivity contribution in [2.75, 3.05) is 4.90 Å². The summed E-state index contributed by atoms with van der Waals surface area (Å²) in [6.45, 7) is 4.66. The van der Waals surface area contributed by atoms with Gasteiger partial charge in [0.1, 0.15) is 22.3 Å². The van der Waals surface area contributed by atoms with Crippen LogP contribution in [-0.4, -0.2) is 0 Å². The van der Waals surface area contributed by atoms with Gasteiger partial charge >= 0.3 is 0 Å². The third kappa shape index (κ3) is 3.54. The molecule has 46 heavy (non-hydrogen) atoms. The predicted molar refractivity (Wildman–Crippen MR) is 191 cm³/mol. The number of para-hydroxylation sites is 2. The van der Waals surface area contributed by atoms with Crippen molar-refractivity contribution in [1.82, 2.24) is 0 Å². The summed E-state index contributed by atoms with van der Waals surface area (Å²) in [5.41, 5.74) is 12.1. The highest BCUT2D eigenvalue weighted by atomic mass is 16.3. The second kappa shape index (κ2) is 9.12. The maximum atomic E-state index is 6.38. The van der Waals surface area contributed by atoms with E-state index in [4.69, 9.17) is 8.83 Å². The van der Waals surface area contributed by atoms with Crippen LogP contribution in [0.5, 0.6) is 0 Å². The van der Waals surface area contributed by atoms with E-state index in [0.29, 0.717) is 0 Å². The molecular formula is C43H29NO2. The number of nitrogens with zero attached hydrogens (tertiary/aromatic N) is 1. The smallest absolute Gasteiger partial charge is 0.137 e. The molecule has 0 amide bonds. The Morgan fingerprint density at radius 2 is 1.00 bits per heavy atom. The number of anilines is 3. The van der Waals surface area contributed by atoms with Crippen LogP contribution in [0.2, 0.25) is 0 Å². The first-order valence-electron chi connectivity index (χ1n) is 15.8. The third-order valence-electron chi connectivity index (χ3n) is 10.0. The van der Waals surface area contributed by atoms with Gasteiger partial charge < -0.3 is 13.7 Å². The monoisotopic (exact) mass is 591 g/mol. The van der Waals surface area contributed by atoms with Crippen LogP contribution in [0.3, 0.4) is 0 Å². The molecule has 10 rings (SSSR count). The Morgan fingerprint density at radius 3 is 1.83 bits per heavy atom. The molecule has 0 saturated heterocycles. The van der Waals surface area contributed by atoms with E-state index in [9.17, 15) is 0 Å².